The molecule has 0 aromatic rings. The zero-order valence-corrected chi connectivity index (χ0v) is 12.1. The van der Waals surface area contributed by atoms with E-state index >= 15 is 0 Å². The predicted octanol–water partition coefficient (Wildman–Crippen LogP) is 4.85. The molecular weight excluding hydrogens is 206 g/mol. The van der Waals surface area contributed by atoms with E-state index in [1.165, 1.54) is 44.1 Å². The van der Waals surface area contributed by atoms with Gasteiger partial charge in [-0.25, -0.2) is 0 Å². The van der Waals surface area contributed by atoms with Crippen LogP contribution in [-0.4, -0.2) is 12.1 Å². The standard InChI is InChI=1S/C16H31N/c1-6-8-9-10-11-13-15(5)17-16(12-7-2)14(3)4/h7,15-17H,2-3,6,8-13H2,1,4-5H3. The highest BCUT2D eigenvalue weighted by Crippen LogP contribution is 2.10. The van der Waals surface area contributed by atoms with Gasteiger partial charge in [-0.15, -0.1) is 6.58 Å². The molecule has 0 rings (SSSR count). The molecule has 100 valence electrons. The second-order valence-electron chi connectivity index (χ2n) is 5.19. The van der Waals surface area contributed by atoms with Gasteiger partial charge in [0, 0.05) is 12.1 Å². The molecule has 17 heavy (non-hydrogen) atoms. The molecule has 0 fully saturated rings. The minimum atomic E-state index is 0.401. The molecule has 1 nitrogen and oxygen atoms in total. The summed E-state index contributed by atoms with van der Waals surface area (Å²) >= 11 is 0. The molecule has 0 aromatic heterocycles. The van der Waals surface area contributed by atoms with Crippen molar-refractivity contribution in [1.29, 1.82) is 0 Å². The SMILES string of the molecule is C=CCC(NC(C)CCCCCCC)C(=C)C. The van der Waals surface area contributed by atoms with E-state index in [9.17, 15) is 0 Å². The molecule has 0 aliphatic rings. The van der Waals surface area contributed by atoms with Gasteiger partial charge < -0.3 is 5.32 Å². The van der Waals surface area contributed by atoms with Crippen molar-refractivity contribution in [2.75, 3.05) is 0 Å². The fourth-order valence-electron chi connectivity index (χ4n) is 2.06. The maximum Gasteiger partial charge on any atom is 0.0310 e. The van der Waals surface area contributed by atoms with Gasteiger partial charge in [0.1, 0.15) is 0 Å². The van der Waals surface area contributed by atoms with Crippen LogP contribution in [-0.2, 0) is 0 Å². The molecule has 1 heteroatoms. The number of nitrogens with one attached hydrogen (secondary N) is 1. The Morgan fingerprint density at radius 3 is 2.41 bits per heavy atom. The molecule has 0 spiro atoms. The van der Waals surface area contributed by atoms with E-state index in [1.54, 1.807) is 0 Å². The van der Waals surface area contributed by atoms with Crippen molar-refractivity contribution in [3.05, 3.63) is 24.8 Å². The molecule has 2 atom stereocenters. The average Bonchev–Trinajstić information content (AvgIpc) is 2.28. The van der Waals surface area contributed by atoms with Crippen molar-refractivity contribution in [3.63, 3.8) is 0 Å². The first-order valence-corrected chi connectivity index (χ1v) is 7.14. The topological polar surface area (TPSA) is 12.0 Å². The van der Waals surface area contributed by atoms with Gasteiger partial charge in [-0.1, -0.05) is 57.3 Å². The molecular formula is C16H31N. The molecule has 0 saturated heterocycles. The summed E-state index contributed by atoms with van der Waals surface area (Å²) in [6, 6.07) is 0.983. The third-order valence-electron chi connectivity index (χ3n) is 3.22. The van der Waals surface area contributed by atoms with Crippen LogP contribution in [0.15, 0.2) is 24.8 Å². The summed E-state index contributed by atoms with van der Waals surface area (Å²) in [5.74, 6) is 0. The Morgan fingerprint density at radius 2 is 1.88 bits per heavy atom. The third kappa shape index (κ3) is 9.17. The molecule has 1 N–H and O–H groups in total. The van der Waals surface area contributed by atoms with Crippen LogP contribution in [0, 0.1) is 0 Å². The molecule has 2 unspecified atom stereocenters. The number of hydrogen-bond acceptors (Lipinski definition) is 1. The van der Waals surface area contributed by atoms with Gasteiger partial charge in [0.25, 0.3) is 0 Å². The van der Waals surface area contributed by atoms with Crippen LogP contribution in [0.4, 0.5) is 0 Å². The lowest BCUT2D eigenvalue weighted by atomic mass is 10.0. The number of hydrogen-bond donors (Lipinski definition) is 1. The minimum Gasteiger partial charge on any atom is -0.307 e. The summed E-state index contributed by atoms with van der Waals surface area (Å²) in [4.78, 5) is 0. The van der Waals surface area contributed by atoms with Crippen molar-refractivity contribution in [1.82, 2.24) is 5.32 Å². The first-order chi connectivity index (χ1) is 8.11. The first kappa shape index (κ1) is 16.4. The van der Waals surface area contributed by atoms with Crippen molar-refractivity contribution in [2.24, 2.45) is 0 Å². The second-order valence-corrected chi connectivity index (χ2v) is 5.19. The van der Waals surface area contributed by atoms with Crippen LogP contribution < -0.4 is 5.32 Å². The van der Waals surface area contributed by atoms with Crippen molar-refractivity contribution in [3.8, 4) is 0 Å². The molecule has 0 aromatic carbocycles. The van der Waals surface area contributed by atoms with E-state index in [0.717, 1.165) is 6.42 Å². The van der Waals surface area contributed by atoms with E-state index < -0.39 is 0 Å². The lowest BCUT2D eigenvalue weighted by Gasteiger charge is -2.22. The molecule has 0 aliphatic carbocycles. The summed E-state index contributed by atoms with van der Waals surface area (Å²) in [7, 11) is 0. The normalized spacial score (nSPS) is 14.3. The predicted molar refractivity (Wildman–Crippen MR) is 79.4 cm³/mol. The summed E-state index contributed by atoms with van der Waals surface area (Å²) in [5, 5.41) is 3.64. The lowest BCUT2D eigenvalue weighted by Crippen LogP contribution is -2.36. The largest absolute Gasteiger partial charge is 0.307 e. The van der Waals surface area contributed by atoms with Gasteiger partial charge in [-0.05, 0) is 26.7 Å². The van der Waals surface area contributed by atoms with E-state index in [-0.39, 0.29) is 0 Å². The lowest BCUT2D eigenvalue weighted by molar-refractivity contribution is 0.441. The molecule has 0 bridgehead atoms. The number of unbranched alkanes of at least 4 members (excludes halogenated alkanes) is 4. The van der Waals surface area contributed by atoms with Crippen LogP contribution in [0.25, 0.3) is 0 Å². The smallest absolute Gasteiger partial charge is 0.0310 e. The summed E-state index contributed by atoms with van der Waals surface area (Å²) < 4.78 is 0. The summed E-state index contributed by atoms with van der Waals surface area (Å²) in [6.45, 7) is 14.5. The number of rotatable bonds is 11. The Labute approximate surface area is 108 Å². The van der Waals surface area contributed by atoms with Gasteiger partial charge in [0.05, 0.1) is 0 Å². The minimum absolute atomic E-state index is 0.401. The monoisotopic (exact) mass is 237 g/mol. The molecule has 0 saturated carbocycles. The Morgan fingerprint density at radius 1 is 1.24 bits per heavy atom. The van der Waals surface area contributed by atoms with Crippen molar-refractivity contribution >= 4 is 0 Å². The maximum absolute atomic E-state index is 4.04. The summed E-state index contributed by atoms with van der Waals surface area (Å²) in [6.07, 6.45) is 11.0. The van der Waals surface area contributed by atoms with Gasteiger partial charge in [0.15, 0.2) is 0 Å². The van der Waals surface area contributed by atoms with Gasteiger partial charge >= 0.3 is 0 Å². The molecule has 0 amide bonds. The van der Waals surface area contributed by atoms with E-state index in [1.807, 2.05) is 6.08 Å². The Kier molecular flexibility index (Phi) is 10.2. The molecule has 0 heterocycles. The Hall–Kier alpha value is -0.560. The average molecular weight is 237 g/mol. The highest BCUT2D eigenvalue weighted by atomic mass is 14.9. The Bertz CT molecular complexity index is 208. The third-order valence-corrected chi connectivity index (χ3v) is 3.22. The second kappa shape index (κ2) is 10.6. The van der Waals surface area contributed by atoms with Gasteiger partial charge in [0.2, 0.25) is 0 Å². The quantitative estimate of drug-likeness (QED) is 0.400. The summed E-state index contributed by atoms with van der Waals surface area (Å²) in [5.41, 5.74) is 1.21. The van der Waals surface area contributed by atoms with Gasteiger partial charge in [-0.2, -0.15) is 0 Å². The first-order valence-electron chi connectivity index (χ1n) is 7.14. The highest BCUT2D eigenvalue weighted by Gasteiger charge is 2.10. The zero-order chi connectivity index (χ0) is 13.1. The van der Waals surface area contributed by atoms with Crippen LogP contribution in [0.2, 0.25) is 0 Å². The fourth-order valence-corrected chi connectivity index (χ4v) is 2.06. The van der Waals surface area contributed by atoms with Crippen LogP contribution in [0.3, 0.4) is 0 Å². The van der Waals surface area contributed by atoms with Gasteiger partial charge in [-0.3, -0.25) is 0 Å². The maximum atomic E-state index is 4.04. The Balaban J connectivity index is 3.70. The van der Waals surface area contributed by atoms with E-state index in [0.29, 0.717) is 12.1 Å². The zero-order valence-electron chi connectivity index (χ0n) is 12.1. The van der Waals surface area contributed by atoms with E-state index in [2.05, 4.69) is 39.2 Å². The molecule has 0 radical (unpaired) electrons. The highest BCUT2D eigenvalue weighted by molar-refractivity contribution is 5.04. The van der Waals surface area contributed by atoms with Crippen LogP contribution in [0.1, 0.15) is 65.7 Å². The fraction of sp³-hybridized carbons (Fsp3) is 0.750. The van der Waals surface area contributed by atoms with Crippen molar-refractivity contribution in [2.45, 2.75) is 77.8 Å². The van der Waals surface area contributed by atoms with Crippen molar-refractivity contribution < 1.29 is 0 Å². The van der Waals surface area contributed by atoms with Crippen LogP contribution in [0.5, 0.6) is 0 Å². The van der Waals surface area contributed by atoms with Crippen LogP contribution >= 0.6 is 0 Å². The van der Waals surface area contributed by atoms with E-state index in [4.69, 9.17) is 0 Å². The molecule has 0 aliphatic heterocycles.